The fraction of sp³-hybridized carbons (Fsp3) is 0.375. The largest absolute Gasteiger partial charge is 0.497 e. The number of rotatable bonds is 9. The summed E-state index contributed by atoms with van der Waals surface area (Å²) in [6.07, 6.45) is 0.103. The predicted octanol–water partition coefficient (Wildman–Crippen LogP) is 1.46. The Morgan fingerprint density at radius 2 is 1.77 bits per heavy atom. The lowest BCUT2D eigenvalue weighted by atomic mass is 10.2. The normalized spacial score (nSPS) is 10.3. The molecule has 2 N–H and O–H groups in total. The molecule has 0 aliphatic carbocycles. The van der Waals surface area contributed by atoms with E-state index in [4.69, 9.17) is 14.2 Å². The molecule has 1 heterocycles. The predicted molar refractivity (Wildman–Crippen MR) is 95.7 cm³/mol. The van der Waals surface area contributed by atoms with Gasteiger partial charge in [0.2, 0.25) is 11.0 Å². The van der Waals surface area contributed by atoms with E-state index in [1.165, 1.54) is 25.6 Å². The van der Waals surface area contributed by atoms with Crippen LogP contribution in [0.1, 0.15) is 21.8 Å². The zero-order chi connectivity index (χ0) is 18.9. The molecule has 10 heteroatoms. The summed E-state index contributed by atoms with van der Waals surface area (Å²) in [4.78, 5) is 24.1. The van der Waals surface area contributed by atoms with Crippen molar-refractivity contribution in [3.05, 3.63) is 28.8 Å². The van der Waals surface area contributed by atoms with E-state index < -0.39 is 0 Å². The smallest absolute Gasteiger partial charge is 0.251 e. The van der Waals surface area contributed by atoms with Crippen molar-refractivity contribution >= 4 is 28.3 Å². The monoisotopic (exact) mass is 380 g/mol. The highest BCUT2D eigenvalue weighted by atomic mass is 32.1. The van der Waals surface area contributed by atoms with Crippen molar-refractivity contribution in [3.8, 4) is 11.5 Å². The molecule has 9 nitrogen and oxygen atoms in total. The second kappa shape index (κ2) is 9.68. The van der Waals surface area contributed by atoms with Crippen LogP contribution in [-0.4, -0.2) is 49.9 Å². The standard InChI is InChI=1S/C16H20N4O5S/c1-23-9-14-19-20-16(26-14)18-13(21)4-5-17-15(22)10-6-11(24-2)8-12(7-10)25-3/h6-8H,4-5,9H2,1-3H3,(H,17,22)(H,18,20,21). The van der Waals surface area contributed by atoms with Crippen LogP contribution >= 0.6 is 11.3 Å². The molecule has 1 aromatic carbocycles. The van der Waals surface area contributed by atoms with Crippen molar-refractivity contribution < 1.29 is 23.8 Å². The van der Waals surface area contributed by atoms with E-state index in [0.717, 1.165) is 0 Å². The molecular weight excluding hydrogens is 360 g/mol. The molecule has 0 atom stereocenters. The fourth-order valence-corrected chi connectivity index (χ4v) is 2.73. The first-order valence-electron chi connectivity index (χ1n) is 7.68. The van der Waals surface area contributed by atoms with E-state index in [1.54, 1.807) is 25.3 Å². The van der Waals surface area contributed by atoms with E-state index in [9.17, 15) is 9.59 Å². The molecule has 1 aromatic heterocycles. The Kier molecular flexibility index (Phi) is 7.30. The number of hydrogen-bond acceptors (Lipinski definition) is 8. The van der Waals surface area contributed by atoms with Crippen LogP contribution in [0.25, 0.3) is 0 Å². The third-order valence-corrected chi connectivity index (χ3v) is 4.04. The third kappa shape index (κ3) is 5.67. The molecule has 0 radical (unpaired) electrons. The Hall–Kier alpha value is -2.72. The Labute approximate surface area is 154 Å². The number of nitrogens with zero attached hydrogens (tertiary/aromatic N) is 2. The second-order valence-corrected chi connectivity index (χ2v) is 6.15. The minimum atomic E-state index is -0.326. The molecule has 26 heavy (non-hydrogen) atoms. The van der Waals surface area contributed by atoms with Gasteiger partial charge in [-0.3, -0.25) is 9.59 Å². The number of benzene rings is 1. The Morgan fingerprint density at radius 3 is 2.38 bits per heavy atom. The molecule has 2 rings (SSSR count). The topological polar surface area (TPSA) is 112 Å². The lowest BCUT2D eigenvalue weighted by molar-refractivity contribution is -0.116. The number of amides is 2. The van der Waals surface area contributed by atoms with Crippen molar-refractivity contribution in [1.29, 1.82) is 0 Å². The maximum Gasteiger partial charge on any atom is 0.251 e. The summed E-state index contributed by atoms with van der Waals surface area (Å²) in [5, 5.41) is 14.1. The summed E-state index contributed by atoms with van der Waals surface area (Å²) in [5.41, 5.74) is 0.384. The summed E-state index contributed by atoms with van der Waals surface area (Å²) in [7, 11) is 4.57. The average molecular weight is 380 g/mol. The van der Waals surface area contributed by atoms with Crippen LogP contribution in [0.3, 0.4) is 0 Å². The van der Waals surface area contributed by atoms with Crippen LogP contribution in [0.5, 0.6) is 11.5 Å². The molecule has 140 valence electrons. The molecule has 2 aromatic rings. The highest BCUT2D eigenvalue weighted by Gasteiger charge is 2.12. The summed E-state index contributed by atoms with van der Waals surface area (Å²) >= 11 is 1.24. The van der Waals surface area contributed by atoms with Crippen molar-refractivity contribution in [2.75, 3.05) is 33.2 Å². The fourth-order valence-electron chi connectivity index (χ4n) is 2.00. The zero-order valence-corrected chi connectivity index (χ0v) is 15.5. The van der Waals surface area contributed by atoms with E-state index in [-0.39, 0.29) is 24.8 Å². The summed E-state index contributed by atoms with van der Waals surface area (Å²) in [6, 6.07) is 4.86. The van der Waals surface area contributed by atoms with Crippen LogP contribution < -0.4 is 20.1 Å². The van der Waals surface area contributed by atoms with Gasteiger partial charge in [0.15, 0.2) is 0 Å². The third-order valence-electron chi connectivity index (χ3n) is 3.23. The first-order chi connectivity index (χ1) is 12.5. The van der Waals surface area contributed by atoms with Crippen LogP contribution in [0.2, 0.25) is 0 Å². The molecule has 0 fully saturated rings. The number of hydrogen-bond donors (Lipinski definition) is 2. The van der Waals surface area contributed by atoms with Crippen molar-refractivity contribution in [3.63, 3.8) is 0 Å². The number of carbonyl (C=O) groups is 2. The summed E-state index contributed by atoms with van der Waals surface area (Å²) in [5.74, 6) is 0.424. The van der Waals surface area contributed by atoms with Gasteiger partial charge in [0.1, 0.15) is 23.1 Å². The molecule has 0 aliphatic rings. The van der Waals surface area contributed by atoms with Gasteiger partial charge >= 0.3 is 0 Å². The maximum absolute atomic E-state index is 12.2. The van der Waals surface area contributed by atoms with Crippen molar-refractivity contribution in [2.24, 2.45) is 0 Å². The van der Waals surface area contributed by atoms with Gasteiger partial charge in [-0.15, -0.1) is 10.2 Å². The second-order valence-electron chi connectivity index (χ2n) is 5.09. The molecule has 2 amide bonds. The number of anilines is 1. The van der Waals surface area contributed by atoms with Crippen LogP contribution in [0.4, 0.5) is 5.13 Å². The maximum atomic E-state index is 12.2. The van der Waals surface area contributed by atoms with Gasteiger partial charge in [-0.2, -0.15) is 0 Å². The highest BCUT2D eigenvalue weighted by Crippen LogP contribution is 2.22. The average Bonchev–Trinajstić information content (AvgIpc) is 3.08. The minimum Gasteiger partial charge on any atom is -0.497 e. The lowest BCUT2D eigenvalue weighted by Gasteiger charge is -2.09. The Bertz CT molecular complexity index is 743. The number of carbonyl (C=O) groups excluding carboxylic acids is 2. The number of ether oxygens (including phenoxy) is 3. The first-order valence-corrected chi connectivity index (χ1v) is 8.49. The van der Waals surface area contributed by atoms with Crippen LogP contribution in [-0.2, 0) is 16.1 Å². The minimum absolute atomic E-state index is 0.103. The van der Waals surface area contributed by atoms with Gasteiger partial charge in [0, 0.05) is 31.7 Å². The molecule has 0 aliphatic heterocycles. The van der Waals surface area contributed by atoms with Crippen LogP contribution in [0.15, 0.2) is 18.2 Å². The molecule has 0 saturated heterocycles. The SMILES string of the molecule is COCc1nnc(NC(=O)CCNC(=O)c2cc(OC)cc(OC)c2)s1. The van der Waals surface area contributed by atoms with Gasteiger partial charge in [-0.1, -0.05) is 11.3 Å². The van der Waals surface area contributed by atoms with E-state index in [0.29, 0.717) is 33.8 Å². The molecule has 0 saturated carbocycles. The number of nitrogens with one attached hydrogen (secondary N) is 2. The van der Waals surface area contributed by atoms with Crippen molar-refractivity contribution in [1.82, 2.24) is 15.5 Å². The number of methoxy groups -OCH3 is 3. The van der Waals surface area contributed by atoms with Gasteiger partial charge in [0.05, 0.1) is 14.2 Å². The molecule has 0 spiro atoms. The van der Waals surface area contributed by atoms with E-state index in [1.807, 2.05) is 0 Å². The molecular formula is C16H20N4O5S. The number of aromatic nitrogens is 2. The van der Waals surface area contributed by atoms with E-state index >= 15 is 0 Å². The molecule has 0 unspecified atom stereocenters. The van der Waals surface area contributed by atoms with Gasteiger partial charge in [-0.25, -0.2) is 0 Å². The summed E-state index contributed by atoms with van der Waals surface area (Å²) in [6.45, 7) is 0.515. The zero-order valence-electron chi connectivity index (χ0n) is 14.7. The van der Waals surface area contributed by atoms with Gasteiger partial charge in [-0.05, 0) is 12.1 Å². The van der Waals surface area contributed by atoms with Crippen LogP contribution in [0, 0.1) is 0 Å². The summed E-state index contributed by atoms with van der Waals surface area (Å²) < 4.78 is 15.2. The van der Waals surface area contributed by atoms with E-state index in [2.05, 4.69) is 20.8 Å². The highest BCUT2D eigenvalue weighted by molar-refractivity contribution is 7.15. The van der Waals surface area contributed by atoms with Gasteiger partial charge < -0.3 is 24.8 Å². The lowest BCUT2D eigenvalue weighted by Crippen LogP contribution is -2.27. The van der Waals surface area contributed by atoms with Crippen molar-refractivity contribution in [2.45, 2.75) is 13.0 Å². The Morgan fingerprint density at radius 1 is 1.08 bits per heavy atom. The first kappa shape index (κ1) is 19.6. The van der Waals surface area contributed by atoms with Gasteiger partial charge in [0.25, 0.3) is 5.91 Å². The Balaban J connectivity index is 1.82. The molecule has 0 bridgehead atoms. The quantitative estimate of drug-likeness (QED) is 0.677.